The number of furan rings is 1. The first kappa shape index (κ1) is 14.2. The fourth-order valence-electron chi connectivity index (χ4n) is 2.67. The summed E-state index contributed by atoms with van der Waals surface area (Å²) in [5, 5.41) is 12.4. The van der Waals surface area contributed by atoms with Crippen LogP contribution in [0.5, 0.6) is 0 Å². The third-order valence-electron chi connectivity index (χ3n) is 3.76. The topological polar surface area (TPSA) is 33.4 Å². The Labute approximate surface area is 129 Å². The Bertz CT molecular complexity index is 795. The molecule has 0 spiro atoms. The van der Waals surface area contributed by atoms with Gasteiger partial charge in [-0.25, -0.2) is 0 Å². The molecule has 0 aliphatic rings. The smallest absolute Gasteiger partial charge is 0.153 e. The molecule has 1 heterocycles. The van der Waals surface area contributed by atoms with Crippen molar-refractivity contribution >= 4 is 22.6 Å². The normalized spacial score (nSPS) is 14.3. The van der Waals surface area contributed by atoms with E-state index >= 15 is 0 Å². The number of hydrogen-bond acceptors (Lipinski definition) is 2. The van der Waals surface area contributed by atoms with Crippen molar-refractivity contribution in [2.24, 2.45) is 0 Å². The van der Waals surface area contributed by atoms with Crippen LogP contribution in [0.2, 0.25) is 5.02 Å². The largest absolute Gasteiger partial charge is 0.456 e. The van der Waals surface area contributed by atoms with Crippen LogP contribution in [0, 0.1) is 13.8 Å². The van der Waals surface area contributed by atoms with Crippen LogP contribution in [0.15, 0.2) is 46.9 Å². The third kappa shape index (κ3) is 2.45. The van der Waals surface area contributed by atoms with E-state index in [-0.39, 0.29) is 0 Å². The first-order chi connectivity index (χ1) is 9.88. The molecule has 0 aliphatic carbocycles. The lowest BCUT2D eigenvalue weighted by atomic mass is 9.90. The van der Waals surface area contributed by atoms with E-state index in [4.69, 9.17) is 16.0 Å². The van der Waals surface area contributed by atoms with Gasteiger partial charge in [-0.3, -0.25) is 0 Å². The van der Waals surface area contributed by atoms with Crippen molar-refractivity contribution in [1.29, 1.82) is 0 Å². The van der Waals surface area contributed by atoms with Crippen LogP contribution >= 0.6 is 11.6 Å². The lowest BCUT2D eigenvalue weighted by molar-refractivity contribution is 0.0785. The number of hydrogen-bond donors (Lipinski definition) is 1. The maximum Gasteiger partial charge on any atom is 0.153 e. The second kappa shape index (κ2) is 4.90. The minimum atomic E-state index is -1.20. The number of rotatable bonds is 2. The summed E-state index contributed by atoms with van der Waals surface area (Å²) in [7, 11) is 0. The van der Waals surface area contributed by atoms with Gasteiger partial charge in [-0.05, 0) is 38.5 Å². The van der Waals surface area contributed by atoms with E-state index in [0.717, 1.165) is 22.1 Å². The van der Waals surface area contributed by atoms with Crippen LogP contribution < -0.4 is 0 Å². The second-order valence-electron chi connectivity index (χ2n) is 5.72. The van der Waals surface area contributed by atoms with E-state index in [1.807, 2.05) is 44.2 Å². The molecule has 0 saturated carbocycles. The molecule has 21 heavy (non-hydrogen) atoms. The van der Waals surface area contributed by atoms with Gasteiger partial charge in [0.25, 0.3) is 0 Å². The van der Waals surface area contributed by atoms with Crippen molar-refractivity contribution in [1.82, 2.24) is 0 Å². The van der Waals surface area contributed by atoms with Gasteiger partial charge < -0.3 is 9.52 Å². The first-order valence-electron chi connectivity index (χ1n) is 6.87. The van der Waals surface area contributed by atoms with Crippen molar-refractivity contribution in [3.63, 3.8) is 0 Å². The fraction of sp³-hybridized carbons (Fsp3) is 0.222. The molecule has 3 rings (SSSR count). The lowest BCUT2D eigenvalue weighted by Crippen LogP contribution is -2.22. The van der Waals surface area contributed by atoms with Crippen molar-refractivity contribution in [2.45, 2.75) is 26.4 Å². The van der Waals surface area contributed by atoms with Crippen LogP contribution in [0.25, 0.3) is 11.0 Å². The summed E-state index contributed by atoms with van der Waals surface area (Å²) in [6, 6.07) is 13.4. The molecule has 0 amide bonds. The molecule has 0 saturated heterocycles. The molecular formula is C18H17ClO2. The molecule has 0 radical (unpaired) electrons. The highest BCUT2D eigenvalue weighted by Gasteiger charge is 2.30. The maximum absolute atomic E-state index is 11.0. The standard InChI is InChI=1S/C18H17ClO2/c1-11-7-12(2)9-14(8-11)18(3,20)16-10-13-5-4-6-15(19)17(13)21-16/h4-10,20H,1-3H3. The summed E-state index contributed by atoms with van der Waals surface area (Å²) in [6.07, 6.45) is 0. The summed E-state index contributed by atoms with van der Waals surface area (Å²) >= 11 is 6.14. The number of fused-ring (bicyclic) bond motifs is 1. The maximum atomic E-state index is 11.0. The Morgan fingerprint density at radius 2 is 1.71 bits per heavy atom. The molecule has 2 aromatic carbocycles. The van der Waals surface area contributed by atoms with E-state index in [2.05, 4.69) is 6.07 Å². The molecule has 0 aliphatic heterocycles. The minimum Gasteiger partial charge on any atom is -0.456 e. The highest BCUT2D eigenvalue weighted by Crippen LogP contribution is 2.36. The van der Waals surface area contributed by atoms with E-state index in [1.54, 1.807) is 13.0 Å². The average Bonchev–Trinajstić information content (AvgIpc) is 2.83. The van der Waals surface area contributed by atoms with Crippen molar-refractivity contribution in [3.8, 4) is 0 Å². The van der Waals surface area contributed by atoms with Crippen LogP contribution in [-0.2, 0) is 5.60 Å². The zero-order valence-electron chi connectivity index (χ0n) is 12.3. The van der Waals surface area contributed by atoms with Crippen LogP contribution in [0.3, 0.4) is 0 Å². The van der Waals surface area contributed by atoms with Crippen LogP contribution in [-0.4, -0.2) is 5.11 Å². The predicted molar refractivity (Wildman–Crippen MR) is 85.8 cm³/mol. The van der Waals surface area contributed by atoms with E-state index < -0.39 is 5.60 Å². The number of aliphatic hydroxyl groups is 1. The van der Waals surface area contributed by atoms with Gasteiger partial charge in [-0.15, -0.1) is 0 Å². The highest BCUT2D eigenvalue weighted by atomic mass is 35.5. The van der Waals surface area contributed by atoms with Gasteiger partial charge in [-0.2, -0.15) is 0 Å². The molecule has 0 bridgehead atoms. The Hall–Kier alpha value is -1.77. The fourth-order valence-corrected chi connectivity index (χ4v) is 2.89. The Morgan fingerprint density at radius 3 is 2.33 bits per heavy atom. The van der Waals surface area contributed by atoms with Crippen molar-refractivity contribution < 1.29 is 9.52 Å². The van der Waals surface area contributed by atoms with Crippen LogP contribution in [0.1, 0.15) is 29.4 Å². The molecule has 1 aromatic heterocycles. The van der Waals surface area contributed by atoms with Crippen molar-refractivity contribution in [2.75, 3.05) is 0 Å². The summed E-state index contributed by atoms with van der Waals surface area (Å²) in [6.45, 7) is 5.77. The zero-order valence-corrected chi connectivity index (χ0v) is 13.0. The quantitative estimate of drug-likeness (QED) is 0.725. The van der Waals surface area contributed by atoms with E-state index in [0.29, 0.717) is 16.4 Å². The van der Waals surface area contributed by atoms with Gasteiger partial charge in [0.15, 0.2) is 5.58 Å². The van der Waals surface area contributed by atoms with Gasteiger partial charge in [0.05, 0.1) is 5.02 Å². The summed E-state index contributed by atoms with van der Waals surface area (Å²) in [4.78, 5) is 0. The molecule has 108 valence electrons. The molecule has 0 fully saturated rings. The number of aryl methyl sites for hydroxylation is 2. The third-order valence-corrected chi connectivity index (χ3v) is 4.06. The number of para-hydroxylation sites is 1. The predicted octanol–water partition coefficient (Wildman–Crippen LogP) is 4.96. The van der Waals surface area contributed by atoms with E-state index in [1.165, 1.54) is 0 Å². The van der Waals surface area contributed by atoms with Crippen molar-refractivity contribution in [3.05, 3.63) is 69.9 Å². The van der Waals surface area contributed by atoms with Gasteiger partial charge in [0, 0.05) is 5.39 Å². The number of halogens is 1. The van der Waals surface area contributed by atoms with Gasteiger partial charge >= 0.3 is 0 Å². The minimum absolute atomic E-state index is 0.496. The number of benzene rings is 2. The Morgan fingerprint density at radius 1 is 1.05 bits per heavy atom. The Balaban J connectivity index is 2.17. The van der Waals surface area contributed by atoms with Gasteiger partial charge in [0.1, 0.15) is 11.4 Å². The lowest BCUT2D eigenvalue weighted by Gasteiger charge is -2.22. The molecule has 1 N–H and O–H groups in total. The monoisotopic (exact) mass is 300 g/mol. The van der Waals surface area contributed by atoms with Crippen LogP contribution in [0.4, 0.5) is 0 Å². The molecule has 1 unspecified atom stereocenters. The first-order valence-corrected chi connectivity index (χ1v) is 7.25. The average molecular weight is 301 g/mol. The second-order valence-corrected chi connectivity index (χ2v) is 6.12. The summed E-state index contributed by atoms with van der Waals surface area (Å²) < 4.78 is 5.82. The zero-order chi connectivity index (χ0) is 15.2. The van der Waals surface area contributed by atoms with E-state index in [9.17, 15) is 5.11 Å². The highest BCUT2D eigenvalue weighted by molar-refractivity contribution is 6.34. The molecule has 3 heteroatoms. The molecule has 1 atom stereocenters. The summed E-state index contributed by atoms with van der Waals surface area (Å²) in [5.41, 5.74) is 2.45. The van der Waals surface area contributed by atoms with Gasteiger partial charge in [0.2, 0.25) is 0 Å². The molecule has 2 nitrogen and oxygen atoms in total. The SMILES string of the molecule is Cc1cc(C)cc(C(C)(O)c2cc3cccc(Cl)c3o2)c1. The Kier molecular flexibility index (Phi) is 3.31. The molecular weight excluding hydrogens is 284 g/mol. The van der Waals surface area contributed by atoms with Gasteiger partial charge in [-0.1, -0.05) is 53.1 Å². The summed E-state index contributed by atoms with van der Waals surface area (Å²) in [5.74, 6) is 0.496. The molecule has 3 aromatic rings.